The van der Waals surface area contributed by atoms with Crippen molar-refractivity contribution in [2.24, 2.45) is 0 Å². The van der Waals surface area contributed by atoms with Crippen LogP contribution in [-0.4, -0.2) is 7.05 Å². The van der Waals surface area contributed by atoms with Crippen molar-refractivity contribution in [2.45, 2.75) is 19.4 Å². The highest BCUT2D eigenvalue weighted by atomic mass is 19.2. The van der Waals surface area contributed by atoms with Gasteiger partial charge in [0.15, 0.2) is 11.6 Å². The summed E-state index contributed by atoms with van der Waals surface area (Å²) in [5.74, 6) is -0.805. The number of rotatable bonds is 4. The van der Waals surface area contributed by atoms with E-state index in [4.69, 9.17) is 4.42 Å². The highest BCUT2D eigenvalue weighted by Crippen LogP contribution is 2.21. The van der Waals surface area contributed by atoms with Crippen molar-refractivity contribution in [3.05, 3.63) is 59.1 Å². The van der Waals surface area contributed by atoms with Crippen molar-refractivity contribution in [3.8, 4) is 0 Å². The molecule has 1 heterocycles. The normalized spacial score (nSPS) is 12.7. The Balaban J connectivity index is 2.17. The van der Waals surface area contributed by atoms with E-state index in [0.29, 0.717) is 6.42 Å². The van der Waals surface area contributed by atoms with Crippen LogP contribution in [0.4, 0.5) is 8.78 Å². The zero-order valence-electron chi connectivity index (χ0n) is 10.3. The van der Waals surface area contributed by atoms with Crippen molar-refractivity contribution in [2.75, 3.05) is 7.05 Å². The van der Waals surface area contributed by atoms with E-state index in [9.17, 15) is 8.78 Å². The fourth-order valence-corrected chi connectivity index (χ4v) is 1.94. The van der Waals surface area contributed by atoms with Gasteiger partial charge in [0.2, 0.25) is 0 Å². The quantitative estimate of drug-likeness (QED) is 0.901. The minimum atomic E-state index is -0.820. The summed E-state index contributed by atoms with van der Waals surface area (Å²) in [6.07, 6.45) is 2.25. The zero-order valence-corrected chi connectivity index (χ0v) is 10.3. The maximum absolute atomic E-state index is 13.1. The van der Waals surface area contributed by atoms with Crippen LogP contribution in [0.5, 0.6) is 0 Å². The molecule has 0 aliphatic heterocycles. The maximum Gasteiger partial charge on any atom is 0.159 e. The Bertz CT molecular complexity index is 536. The first-order chi connectivity index (χ1) is 8.60. The van der Waals surface area contributed by atoms with Crippen LogP contribution in [0.15, 0.2) is 34.9 Å². The molecule has 1 atom stereocenters. The van der Waals surface area contributed by atoms with Crippen molar-refractivity contribution in [1.82, 2.24) is 5.32 Å². The summed E-state index contributed by atoms with van der Waals surface area (Å²) in [6.45, 7) is 1.87. The van der Waals surface area contributed by atoms with Crippen LogP contribution >= 0.6 is 0 Å². The number of furan rings is 1. The van der Waals surface area contributed by atoms with Gasteiger partial charge in [-0.3, -0.25) is 0 Å². The third-order valence-electron chi connectivity index (χ3n) is 2.93. The van der Waals surface area contributed by atoms with Crippen LogP contribution in [-0.2, 0) is 6.42 Å². The minimum Gasteiger partial charge on any atom is -0.469 e. The molecule has 0 saturated carbocycles. The molecule has 96 valence electrons. The van der Waals surface area contributed by atoms with Crippen LogP contribution < -0.4 is 5.32 Å². The molecule has 1 unspecified atom stereocenters. The number of hydrogen-bond donors (Lipinski definition) is 1. The van der Waals surface area contributed by atoms with Gasteiger partial charge in [-0.1, -0.05) is 6.07 Å². The van der Waals surface area contributed by atoms with E-state index in [-0.39, 0.29) is 6.04 Å². The number of aryl methyl sites for hydroxylation is 1. The highest BCUT2D eigenvalue weighted by Gasteiger charge is 2.13. The van der Waals surface area contributed by atoms with E-state index in [1.54, 1.807) is 12.3 Å². The molecule has 0 aliphatic carbocycles. The summed E-state index contributed by atoms with van der Waals surface area (Å²) in [5, 5.41) is 3.14. The molecule has 1 aromatic carbocycles. The molecule has 0 saturated heterocycles. The SMILES string of the molecule is CNC(Cc1ccc(F)c(F)c1)c1coc(C)c1. The van der Waals surface area contributed by atoms with E-state index >= 15 is 0 Å². The second-order valence-electron chi connectivity index (χ2n) is 4.28. The Morgan fingerprint density at radius 3 is 2.56 bits per heavy atom. The molecular weight excluding hydrogens is 236 g/mol. The maximum atomic E-state index is 13.1. The molecule has 0 fully saturated rings. The lowest BCUT2D eigenvalue weighted by Gasteiger charge is -2.14. The molecule has 1 N–H and O–H groups in total. The molecule has 0 bridgehead atoms. The van der Waals surface area contributed by atoms with Gasteiger partial charge in [-0.15, -0.1) is 0 Å². The predicted octanol–water partition coefficient (Wildman–Crippen LogP) is 3.37. The molecule has 4 heteroatoms. The van der Waals surface area contributed by atoms with Crippen LogP contribution in [0.3, 0.4) is 0 Å². The van der Waals surface area contributed by atoms with Gasteiger partial charge in [0.1, 0.15) is 5.76 Å². The smallest absolute Gasteiger partial charge is 0.159 e. The van der Waals surface area contributed by atoms with Crippen molar-refractivity contribution in [3.63, 3.8) is 0 Å². The average molecular weight is 251 g/mol. The summed E-state index contributed by atoms with van der Waals surface area (Å²) >= 11 is 0. The zero-order chi connectivity index (χ0) is 13.1. The van der Waals surface area contributed by atoms with E-state index in [1.807, 2.05) is 20.0 Å². The standard InChI is InChI=1S/C14H15F2NO/c1-9-5-11(8-18-9)14(17-2)7-10-3-4-12(15)13(16)6-10/h3-6,8,14,17H,7H2,1-2H3. The predicted molar refractivity (Wildman–Crippen MR) is 65.3 cm³/mol. The molecule has 0 aliphatic rings. The van der Waals surface area contributed by atoms with Crippen molar-refractivity contribution >= 4 is 0 Å². The molecule has 2 rings (SSSR count). The van der Waals surface area contributed by atoms with Crippen LogP contribution in [0.25, 0.3) is 0 Å². The number of halogens is 2. The van der Waals surface area contributed by atoms with Gasteiger partial charge in [-0.2, -0.15) is 0 Å². The second-order valence-corrected chi connectivity index (χ2v) is 4.28. The number of likely N-dealkylation sites (N-methyl/N-ethyl adjacent to an activating group) is 1. The van der Waals surface area contributed by atoms with Crippen LogP contribution in [0.1, 0.15) is 22.9 Å². The molecule has 2 aromatic rings. The summed E-state index contributed by atoms with van der Waals surface area (Å²) in [7, 11) is 1.83. The number of hydrogen-bond acceptors (Lipinski definition) is 2. The average Bonchev–Trinajstić information content (AvgIpc) is 2.77. The largest absolute Gasteiger partial charge is 0.469 e. The fourth-order valence-electron chi connectivity index (χ4n) is 1.94. The van der Waals surface area contributed by atoms with Gasteiger partial charge in [0.05, 0.1) is 6.26 Å². The Morgan fingerprint density at radius 1 is 1.22 bits per heavy atom. The van der Waals surface area contributed by atoms with Crippen LogP contribution in [0, 0.1) is 18.6 Å². The second kappa shape index (κ2) is 5.31. The molecule has 2 nitrogen and oxygen atoms in total. The highest BCUT2D eigenvalue weighted by molar-refractivity contribution is 5.23. The minimum absolute atomic E-state index is 0.0207. The Morgan fingerprint density at radius 2 is 2.00 bits per heavy atom. The summed E-state index contributed by atoms with van der Waals surface area (Å²) in [5.41, 5.74) is 1.74. The topological polar surface area (TPSA) is 25.2 Å². The summed E-state index contributed by atoms with van der Waals surface area (Å²) < 4.78 is 31.2. The van der Waals surface area contributed by atoms with E-state index in [2.05, 4.69) is 5.32 Å². The molecule has 0 radical (unpaired) electrons. The summed E-state index contributed by atoms with van der Waals surface area (Å²) in [6, 6.07) is 5.92. The van der Waals surface area contributed by atoms with Gasteiger partial charge >= 0.3 is 0 Å². The molecule has 0 amide bonds. The van der Waals surface area contributed by atoms with Gasteiger partial charge in [0.25, 0.3) is 0 Å². The van der Waals surface area contributed by atoms with Gasteiger partial charge in [-0.05, 0) is 44.2 Å². The first-order valence-corrected chi connectivity index (χ1v) is 5.76. The molecule has 18 heavy (non-hydrogen) atoms. The molecule has 1 aromatic heterocycles. The lowest BCUT2D eigenvalue weighted by molar-refractivity contribution is 0.503. The van der Waals surface area contributed by atoms with Gasteiger partial charge in [-0.25, -0.2) is 8.78 Å². The van der Waals surface area contributed by atoms with Gasteiger partial charge < -0.3 is 9.73 Å². The third kappa shape index (κ3) is 2.76. The Kier molecular flexibility index (Phi) is 3.77. The van der Waals surface area contributed by atoms with Crippen LogP contribution in [0.2, 0.25) is 0 Å². The Hall–Kier alpha value is -1.68. The van der Waals surface area contributed by atoms with E-state index in [1.165, 1.54) is 6.07 Å². The lowest BCUT2D eigenvalue weighted by Crippen LogP contribution is -2.18. The van der Waals surface area contributed by atoms with Gasteiger partial charge in [0, 0.05) is 11.6 Å². The third-order valence-corrected chi connectivity index (χ3v) is 2.93. The number of benzene rings is 1. The Labute approximate surface area is 105 Å². The van der Waals surface area contributed by atoms with Crippen molar-refractivity contribution < 1.29 is 13.2 Å². The lowest BCUT2D eigenvalue weighted by atomic mass is 10.0. The fraction of sp³-hybridized carbons (Fsp3) is 0.286. The molecular formula is C14H15F2NO. The van der Waals surface area contributed by atoms with E-state index in [0.717, 1.165) is 23.0 Å². The first kappa shape index (κ1) is 12.8. The monoisotopic (exact) mass is 251 g/mol. The number of nitrogens with one attached hydrogen (secondary N) is 1. The van der Waals surface area contributed by atoms with E-state index < -0.39 is 11.6 Å². The molecule has 0 spiro atoms. The summed E-state index contributed by atoms with van der Waals surface area (Å²) in [4.78, 5) is 0. The first-order valence-electron chi connectivity index (χ1n) is 5.76. The van der Waals surface area contributed by atoms with Crippen molar-refractivity contribution in [1.29, 1.82) is 0 Å².